The van der Waals surface area contributed by atoms with Gasteiger partial charge in [-0.15, -0.1) is 0 Å². The second-order valence-electron chi connectivity index (χ2n) is 3.52. The van der Waals surface area contributed by atoms with E-state index in [1.165, 1.54) is 6.08 Å². The van der Waals surface area contributed by atoms with Crippen LogP contribution in [0.1, 0.15) is 0 Å². The molecule has 0 aliphatic carbocycles. The molecule has 1 aliphatic heterocycles. The van der Waals surface area contributed by atoms with Crippen molar-refractivity contribution in [3.05, 3.63) is 12.7 Å². The van der Waals surface area contributed by atoms with Crippen molar-refractivity contribution >= 4 is 11.9 Å². The zero-order valence-electron chi connectivity index (χ0n) is 9.82. The number of aliphatic imine (C=N–C) groups is 1. The van der Waals surface area contributed by atoms with Gasteiger partial charge in [-0.3, -0.25) is 10.2 Å². The fourth-order valence-corrected chi connectivity index (χ4v) is 1.32. The first-order valence-corrected chi connectivity index (χ1v) is 5.51. The highest BCUT2D eigenvalue weighted by Crippen LogP contribution is 1.86. The van der Waals surface area contributed by atoms with Crippen LogP contribution in [0.5, 0.6) is 0 Å². The number of piperazine rings is 1. The molecule has 0 bridgehead atoms. The van der Waals surface area contributed by atoms with E-state index in [1.54, 1.807) is 0 Å². The predicted octanol–water partition coefficient (Wildman–Crippen LogP) is -1.56. The minimum atomic E-state index is -0.421. The van der Waals surface area contributed by atoms with Crippen LogP contribution < -0.4 is 16.5 Å². The second kappa shape index (κ2) is 7.64. The molecule has 0 saturated carbocycles. The standard InChI is InChI=1S/C10H19N5O2/c1-2-7-17-9(16)8-13-10(11)14-15-5-3-12-4-6-15/h2,12H,1,3-8H2,(H3,11,13,14). The van der Waals surface area contributed by atoms with Gasteiger partial charge in [-0.05, 0) is 0 Å². The van der Waals surface area contributed by atoms with Crippen LogP contribution in [0.4, 0.5) is 0 Å². The number of carbonyl (C=O) groups excluding carboxylic acids is 1. The number of hydrogen-bond donors (Lipinski definition) is 3. The number of nitrogens with zero attached hydrogens (tertiary/aromatic N) is 2. The van der Waals surface area contributed by atoms with Gasteiger partial charge in [0.05, 0.1) is 0 Å². The van der Waals surface area contributed by atoms with Crippen molar-refractivity contribution in [1.82, 2.24) is 15.8 Å². The maximum absolute atomic E-state index is 11.1. The zero-order valence-corrected chi connectivity index (χ0v) is 9.82. The second-order valence-corrected chi connectivity index (χ2v) is 3.52. The lowest BCUT2D eigenvalue weighted by Crippen LogP contribution is -2.54. The zero-order chi connectivity index (χ0) is 12.5. The van der Waals surface area contributed by atoms with Gasteiger partial charge < -0.3 is 15.8 Å². The molecule has 1 aliphatic rings. The molecule has 17 heavy (non-hydrogen) atoms. The van der Waals surface area contributed by atoms with Crippen molar-refractivity contribution < 1.29 is 9.53 Å². The monoisotopic (exact) mass is 241 g/mol. The van der Waals surface area contributed by atoms with Gasteiger partial charge in [0.1, 0.15) is 13.2 Å². The molecular weight excluding hydrogens is 222 g/mol. The normalized spacial score (nSPS) is 17.5. The fraction of sp³-hybridized carbons (Fsp3) is 0.600. The Morgan fingerprint density at radius 1 is 1.59 bits per heavy atom. The lowest BCUT2D eigenvalue weighted by Gasteiger charge is -2.27. The number of hydrazine groups is 1. The smallest absolute Gasteiger partial charge is 0.328 e. The quantitative estimate of drug-likeness (QED) is 0.233. The number of rotatable bonds is 5. The molecule has 0 aromatic carbocycles. The molecule has 0 radical (unpaired) electrons. The third-order valence-electron chi connectivity index (χ3n) is 2.13. The average molecular weight is 241 g/mol. The van der Waals surface area contributed by atoms with Gasteiger partial charge >= 0.3 is 5.97 Å². The summed E-state index contributed by atoms with van der Waals surface area (Å²) in [5, 5.41) is 5.16. The molecule has 7 nitrogen and oxygen atoms in total. The lowest BCUT2D eigenvalue weighted by atomic mass is 10.4. The van der Waals surface area contributed by atoms with E-state index in [1.807, 2.05) is 5.01 Å². The molecule has 0 aromatic heterocycles. The molecule has 7 heteroatoms. The highest BCUT2D eigenvalue weighted by atomic mass is 16.5. The lowest BCUT2D eigenvalue weighted by molar-refractivity contribution is -0.140. The first-order valence-electron chi connectivity index (χ1n) is 5.51. The van der Waals surface area contributed by atoms with E-state index >= 15 is 0 Å². The summed E-state index contributed by atoms with van der Waals surface area (Å²) in [5.74, 6) is -0.197. The number of nitrogens with two attached hydrogens (primary N) is 1. The Balaban J connectivity index is 2.23. The summed E-state index contributed by atoms with van der Waals surface area (Å²) in [6, 6.07) is 0. The average Bonchev–Trinajstić information content (AvgIpc) is 2.35. The summed E-state index contributed by atoms with van der Waals surface area (Å²) < 4.78 is 4.76. The van der Waals surface area contributed by atoms with E-state index < -0.39 is 5.97 Å². The first kappa shape index (κ1) is 13.5. The number of carbonyl (C=O) groups is 1. The van der Waals surface area contributed by atoms with Crippen LogP contribution in [0.25, 0.3) is 0 Å². The molecule has 0 unspecified atom stereocenters. The molecule has 0 spiro atoms. The van der Waals surface area contributed by atoms with Gasteiger partial charge in [-0.1, -0.05) is 12.7 Å². The van der Waals surface area contributed by atoms with Gasteiger partial charge in [0, 0.05) is 26.2 Å². The van der Waals surface area contributed by atoms with Crippen molar-refractivity contribution in [2.45, 2.75) is 0 Å². The van der Waals surface area contributed by atoms with E-state index in [-0.39, 0.29) is 19.1 Å². The highest BCUT2D eigenvalue weighted by molar-refractivity contribution is 5.81. The van der Waals surface area contributed by atoms with Crippen LogP contribution in [0.2, 0.25) is 0 Å². The predicted molar refractivity (Wildman–Crippen MR) is 65.2 cm³/mol. The van der Waals surface area contributed by atoms with Crippen molar-refractivity contribution in [2.75, 3.05) is 39.3 Å². The molecule has 96 valence electrons. The van der Waals surface area contributed by atoms with Crippen LogP contribution in [0.3, 0.4) is 0 Å². The van der Waals surface area contributed by atoms with E-state index in [0.717, 1.165) is 26.2 Å². The number of hydrogen-bond acceptors (Lipinski definition) is 5. The Hall–Kier alpha value is -1.60. The largest absolute Gasteiger partial charge is 0.460 e. The maximum Gasteiger partial charge on any atom is 0.328 e. The molecule has 1 fully saturated rings. The molecule has 0 amide bonds. The Bertz CT molecular complexity index is 286. The van der Waals surface area contributed by atoms with Crippen molar-refractivity contribution in [3.8, 4) is 0 Å². The molecule has 4 N–H and O–H groups in total. The number of ether oxygens (including phenoxy) is 1. The van der Waals surface area contributed by atoms with Crippen LogP contribution in [-0.4, -0.2) is 56.3 Å². The van der Waals surface area contributed by atoms with Crippen LogP contribution >= 0.6 is 0 Å². The summed E-state index contributed by atoms with van der Waals surface area (Å²) in [5.41, 5.74) is 8.55. The van der Waals surface area contributed by atoms with Gasteiger partial charge in [0.25, 0.3) is 0 Å². The third-order valence-corrected chi connectivity index (χ3v) is 2.13. The molecule has 1 saturated heterocycles. The summed E-state index contributed by atoms with van der Waals surface area (Å²) in [4.78, 5) is 15.0. The van der Waals surface area contributed by atoms with Crippen LogP contribution in [0.15, 0.2) is 17.6 Å². The molecule has 1 heterocycles. The molecule has 0 aromatic rings. The number of nitrogens with one attached hydrogen (secondary N) is 2. The van der Waals surface area contributed by atoms with E-state index in [9.17, 15) is 4.79 Å². The molecule has 1 rings (SSSR count). The number of guanidine groups is 1. The molecule has 0 atom stereocenters. The summed E-state index contributed by atoms with van der Waals surface area (Å²) >= 11 is 0. The summed E-state index contributed by atoms with van der Waals surface area (Å²) in [6.45, 7) is 7.05. The highest BCUT2D eigenvalue weighted by Gasteiger charge is 2.09. The van der Waals surface area contributed by atoms with Crippen molar-refractivity contribution in [3.63, 3.8) is 0 Å². The van der Waals surface area contributed by atoms with Crippen LogP contribution in [0, 0.1) is 0 Å². The summed E-state index contributed by atoms with van der Waals surface area (Å²) in [7, 11) is 0. The van der Waals surface area contributed by atoms with E-state index in [2.05, 4.69) is 22.3 Å². The van der Waals surface area contributed by atoms with E-state index in [4.69, 9.17) is 10.5 Å². The Kier molecular flexibility index (Phi) is 6.05. The minimum absolute atomic E-state index is 0.0846. The van der Waals surface area contributed by atoms with Gasteiger partial charge in [0.2, 0.25) is 5.96 Å². The SMILES string of the molecule is C=CCOC(=O)CN=C(N)NN1CCNCC1. The van der Waals surface area contributed by atoms with Crippen LogP contribution in [-0.2, 0) is 9.53 Å². The third kappa shape index (κ3) is 5.88. The Morgan fingerprint density at radius 2 is 2.29 bits per heavy atom. The maximum atomic E-state index is 11.1. The summed E-state index contributed by atoms with van der Waals surface area (Å²) in [6.07, 6.45) is 1.50. The topological polar surface area (TPSA) is 92.0 Å². The molecular formula is C10H19N5O2. The minimum Gasteiger partial charge on any atom is -0.460 e. The fourth-order valence-electron chi connectivity index (χ4n) is 1.32. The van der Waals surface area contributed by atoms with Crippen molar-refractivity contribution in [2.24, 2.45) is 10.7 Å². The van der Waals surface area contributed by atoms with Crippen molar-refractivity contribution in [1.29, 1.82) is 0 Å². The van der Waals surface area contributed by atoms with Gasteiger partial charge in [0.15, 0.2) is 0 Å². The number of esters is 1. The Morgan fingerprint density at radius 3 is 2.94 bits per heavy atom. The first-order chi connectivity index (χ1) is 8.22. The van der Waals surface area contributed by atoms with E-state index in [0.29, 0.717) is 0 Å². The van der Waals surface area contributed by atoms with Gasteiger partial charge in [-0.25, -0.2) is 10.0 Å². The van der Waals surface area contributed by atoms with Gasteiger partial charge in [-0.2, -0.15) is 0 Å². The Labute approximate surface area is 101 Å².